The summed E-state index contributed by atoms with van der Waals surface area (Å²) < 4.78 is 12.9. The summed E-state index contributed by atoms with van der Waals surface area (Å²) in [5.41, 5.74) is 1.32. The fourth-order valence-corrected chi connectivity index (χ4v) is 2.73. The Kier molecular flexibility index (Phi) is 5.62. The van der Waals surface area contributed by atoms with Crippen LogP contribution in [0.25, 0.3) is 0 Å². The summed E-state index contributed by atoms with van der Waals surface area (Å²) in [6.07, 6.45) is 3.57. The van der Waals surface area contributed by atoms with Crippen LogP contribution in [-0.4, -0.2) is 57.7 Å². The number of amides is 1. The van der Waals surface area contributed by atoms with Gasteiger partial charge in [-0.2, -0.15) is 5.10 Å². The molecule has 1 aliphatic heterocycles. The normalized spacial score (nSPS) is 20.2. The number of nitrogens with zero attached hydrogens (tertiary/aromatic N) is 3. The van der Waals surface area contributed by atoms with E-state index in [0.29, 0.717) is 31.1 Å². The van der Waals surface area contributed by atoms with Gasteiger partial charge in [0.05, 0.1) is 32.0 Å². The monoisotopic (exact) mass is 346 g/mol. The van der Waals surface area contributed by atoms with Crippen LogP contribution in [-0.2, 0) is 11.3 Å². The number of aromatic nitrogens is 3. The van der Waals surface area contributed by atoms with Gasteiger partial charge in [0.1, 0.15) is 17.5 Å². The van der Waals surface area contributed by atoms with Crippen molar-refractivity contribution in [2.45, 2.75) is 32.0 Å². The van der Waals surface area contributed by atoms with Gasteiger partial charge >= 0.3 is 0 Å². The number of nitrogens with one attached hydrogen (secondary N) is 1. The van der Waals surface area contributed by atoms with Crippen LogP contribution in [0.3, 0.4) is 0 Å². The van der Waals surface area contributed by atoms with Gasteiger partial charge < -0.3 is 19.9 Å². The molecule has 0 aromatic carbocycles. The Morgan fingerprint density at radius 2 is 2.36 bits per heavy atom. The lowest BCUT2D eigenvalue weighted by molar-refractivity contribution is -0.0137. The highest BCUT2D eigenvalue weighted by atomic mass is 16.5. The number of ether oxygens (including phenoxy) is 2. The van der Waals surface area contributed by atoms with Gasteiger partial charge in [0.25, 0.3) is 5.91 Å². The van der Waals surface area contributed by atoms with E-state index in [9.17, 15) is 4.79 Å². The Labute approximate surface area is 145 Å². The van der Waals surface area contributed by atoms with Gasteiger partial charge in [0.2, 0.25) is 0 Å². The summed E-state index contributed by atoms with van der Waals surface area (Å²) >= 11 is 0. The molecule has 0 unspecified atom stereocenters. The molecule has 2 aromatic heterocycles. The maximum atomic E-state index is 12.6. The summed E-state index contributed by atoms with van der Waals surface area (Å²) in [5, 5.41) is 16.1. The highest BCUT2D eigenvalue weighted by Crippen LogP contribution is 2.17. The third kappa shape index (κ3) is 4.34. The molecule has 25 heavy (non-hydrogen) atoms. The maximum absolute atomic E-state index is 12.6. The predicted octanol–water partition coefficient (Wildman–Crippen LogP) is 0.545. The first-order valence-electron chi connectivity index (χ1n) is 8.28. The average Bonchev–Trinajstić information content (AvgIpc) is 3.07. The van der Waals surface area contributed by atoms with Gasteiger partial charge in [-0.25, -0.2) is 0 Å². The predicted molar refractivity (Wildman–Crippen MR) is 89.4 cm³/mol. The fraction of sp³-hybridized carbons (Fsp3) is 0.471. The van der Waals surface area contributed by atoms with Crippen molar-refractivity contribution in [3.63, 3.8) is 0 Å². The van der Waals surface area contributed by atoms with Crippen molar-refractivity contribution in [1.82, 2.24) is 20.1 Å². The number of aliphatic hydroxyl groups excluding tert-OH is 1. The second-order valence-electron chi connectivity index (χ2n) is 5.90. The molecule has 0 radical (unpaired) electrons. The number of carbonyl (C=O) groups excluding carboxylic acids is 1. The third-order valence-corrected chi connectivity index (χ3v) is 4.05. The smallest absolute Gasteiger partial charge is 0.269 e. The number of aryl methyl sites for hydroxylation is 1. The van der Waals surface area contributed by atoms with Crippen LogP contribution in [0.2, 0.25) is 0 Å². The minimum absolute atomic E-state index is 0.0780. The first-order chi connectivity index (χ1) is 12.2. The molecular weight excluding hydrogens is 324 g/mol. The van der Waals surface area contributed by atoms with E-state index in [1.54, 1.807) is 18.5 Å². The molecule has 8 nitrogen and oxygen atoms in total. The topological polar surface area (TPSA) is 98.5 Å². The Morgan fingerprint density at radius 1 is 1.48 bits per heavy atom. The highest BCUT2D eigenvalue weighted by Gasteiger charge is 2.30. The van der Waals surface area contributed by atoms with E-state index in [-0.39, 0.29) is 31.2 Å². The van der Waals surface area contributed by atoms with Crippen molar-refractivity contribution in [2.24, 2.45) is 0 Å². The summed E-state index contributed by atoms with van der Waals surface area (Å²) in [5.74, 6) is 0.402. The second-order valence-corrected chi connectivity index (χ2v) is 5.90. The molecular formula is C17H22N4O4. The standard InChI is InChI=1S/C17H22N4O4/c1-12-2-3-13(10-18-12)25-16-11-24-9-5-14(16)20-17(23)15-4-6-19-21(15)7-8-22/h2-4,6,10,14,16,22H,5,7-9,11H2,1H3,(H,20,23)/t14-,16+/m0/s1. The number of hydrogen-bond donors (Lipinski definition) is 2. The molecule has 1 saturated heterocycles. The van der Waals surface area contributed by atoms with Gasteiger partial charge in [-0.15, -0.1) is 0 Å². The van der Waals surface area contributed by atoms with Crippen LogP contribution in [0.4, 0.5) is 0 Å². The lowest BCUT2D eigenvalue weighted by Crippen LogP contribution is -2.51. The molecule has 3 rings (SSSR count). The number of hydrogen-bond acceptors (Lipinski definition) is 6. The molecule has 0 saturated carbocycles. The van der Waals surface area contributed by atoms with E-state index >= 15 is 0 Å². The zero-order valence-corrected chi connectivity index (χ0v) is 14.1. The summed E-state index contributed by atoms with van der Waals surface area (Å²) in [7, 11) is 0. The highest BCUT2D eigenvalue weighted by molar-refractivity contribution is 5.92. The van der Waals surface area contributed by atoms with Crippen molar-refractivity contribution in [2.75, 3.05) is 19.8 Å². The molecule has 1 aliphatic rings. The van der Waals surface area contributed by atoms with E-state index in [1.165, 1.54) is 4.68 Å². The van der Waals surface area contributed by atoms with E-state index in [4.69, 9.17) is 14.6 Å². The van der Waals surface area contributed by atoms with Crippen molar-refractivity contribution < 1.29 is 19.4 Å². The fourth-order valence-electron chi connectivity index (χ4n) is 2.73. The van der Waals surface area contributed by atoms with E-state index in [2.05, 4.69) is 15.4 Å². The number of carbonyl (C=O) groups is 1. The summed E-state index contributed by atoms with van der Waals surface area (Å²) in [6, 6.07) is 5.18. The van der Waals surface area contributed by atoms with Gasteiger partial charge in [-0.3, -0.25) is 14.5 Å². The van der Waals surface area contributed by atoms with Crippen LogP contribution in [0, 0.1) is 6.92 Å². The Balaban J connectivity index is 1.67. The van der Waals surface area contributed by atoms with Crippen LogP contribution in [0.15, 0.2) is 30.6 Å². The number of rotatable bonds is 6. The number of pyridine rings is 1. The van der Waals surface area contributed by atoms with Gasteiger partial charge in [0.15, 0.2) is 0 Å². The Bertz CT molecular complexity index is 701. The largest absolute Gasteiger partial charge is 0.484 e. The molecule has 8 heteroatoms. The first kappa shape index (κ1) is 17.4. The molecule has 0 bridgehead atoms. The average molecular weight is 346 g/mol. The zero-order chi connectivity index (χ0) is 17.6. The van der Waals surface area contributed by atoms with Crippen molar-refractivity contribution in [1.29, 1.82) is 0 Å². The molecule has 0 aliphatic carbocycles. The maximum Gasteiger partial charge on any atom is 0.269 e. The third-order valence-electron chi connectivity index (χ3n) is 4.05. The molecule has 2 aromatic rings. The molecule has 3 heterocycles. The SMILES string of the molecule is Cc1ccc(O[C@@H]2COCC[C@@H]2NC(=O)c2ccnn2CCO)cn1. The minimum atomic E-state index is -0.295. The molecule has 1 amide bonds. The lowest BCUT2D eigenvalue weighted by atomic mass is 10.1. The van der Waals surface area contributed by atoms with Crippen molar-refractivity contribution >= 4 is 5.91 Å². The molecule has 1 fully saturated rings. The lowest BCUT2D eigenvalue weighted by Gasteiger charge is -2.32. The summed E-state index contributed by atoms with van der Waals surface area (Å²) in [4.78, 5) is 16.8. The zero-order valence-electron chi connectivity index (χ0n) is 14.1. The van der Waals surface area contributed by atoms with Crippen molar-refractivity contribution in [3.05, 3.63) is 42.0 Å². The quantitative estimate of drug-likeness (QED) is 0.792. The van der Waals surface area contributed by atoms with E-state index < -0.39 is 0 Å². The Morgan fingerprint density at radius 3 is 3.12 bits per heavy atom. The molecule has 134 valence electrons. The first-order valence-corrected chi connectivity index (χ1v) is 8.28. The summed E-state index contributed by atoms with van der Waals surface area (Å²) in [6.45, 7) is 3.07. The van der Waals surface area contributed by atoms with Crippen LogP contribution < -0.4 is 10.1 Å². The van der Waals surface area contributed by atoms with Gasteiger partial charge in [0, 0.05) is 18.5 Å². The molecule has 2 N–H and O–H groups in total. The minimum Gasteiger partial charge on any atom is -0.484 e. The Hall–Kier alpha value is -2.45. The van der Waals surface area contributed by atoms with Gasteiger partial charge in [-0.1, -0.05) is 0 Å². The van der Waals surface area contributed by atoms with Gasteiger partial charge in [-0.05, 0) is 31.5 Å². The molecule has 0 spiro atoms. The number of aliphatic hydroxyl groups is 1. The second kappa shape index (κ2) is 8.09. The van der Waals surface area contributed by atoms with Crippen LogP contribution in [0.1, 0.15) is 22.6 Å². The van der Waals surface area contributed by atoms with Crippen LogP contribution >= 0.6 is 0 Å². The van der Waals surface area contributed by atoms with E-state index in [0.717, 1.165) is 5.69 Å². The van der Waals surface area contributed by atoms with Crippen LogP contribution in [0.5, 0.6) is 5.75 Å². The van der Waals surface area contributed by atoms with Crippen molar-refractivity contribution in [3.8, 4) is 5.75 Å². The molecule has 2 atom stereocenters. The van der Waals surface area contributed by atoms with E-state index in [1.807, 2.05) is 19.1 Å².